The number of rotatable bonds is 10. The lowest BCUT2D eigenvalue weighted by atomic mass is 10.1. The summed E-state index contributed by atoms with van der Waals surface area (Å²) >= 11 is 0.128. The second-order valence-electron chi connectivity index (χ2n) is 8.55. The molecule has 0 aliphatic heterocycles. The molecule has 10 nitrogen and oxygen atoms in total. The van der Waals surface area contributed by atoms with Gasteiger partial charge in [0.1, 0.15) is 12.2 Å². The minimum atomic E-state index is -3.28. The van der Waals surface area contributed by atoms with Crippen molar-refractivity contribution in [2.75, 3.05) is 24.7 Å². The van der Waals surface area contributed by atoms with Crippen LogP contribution in [0.1, 0.15) is 53.2 Å². The second kappa shape index (κ2) is 10.5. The zero-order valence-electron chi connectivity index (χ0n) is 25.7. The highest BCUT2D eigenvalue weighted by molar-refractivity contribution is 7.99. The fraction of sp³-hybridized carbons (Fsp3) is 0.565. The van der Waals surface area contributed by atoms with E-state index in [0.717, 1.165) is 12.1 Å². The van der Waals surface area contributed by atoms with Gasteiger partial charge in [-0.25, -0.2) is 23.4 Å². The van der Waals surface area contributed by atoms with E-state index in [1.165, 1.54) is 10.7 Å². The minimum absolute atomic E-state index is 0.00299. The number of nitrogen functional groups attached to an aromatic ring is 1. The number of nitrogens with two attached hydrogens (primary N) is 1. The van der Waals surface area contributed by atoms with Crippen LogP contribution in [-0.2, 0) is 9.47 Å². The number of hydrogen-bond acceptors (Lipinski definition) is 10. The maximum atomic E-state index is 13.5. The first-order valence-corrected chi connectivity index (χ1v) is 11.9. The van der Waals surface area contributed by atoms with Gasteiger partial charge < -0.3 is 25.4 Å². The first kappa shape index (κ1) is 17.9. The summed E-state index contributed by atoms with van der Waals surface area (Å²) < 4.78 is 93.2. The maximum Gasteiger partial charge on any atom is 0.191 e. The van der Waals surface area contributed by atoms with E-state index in [1.807, 2.05) is 0 Å². The Bertz CT molecular complexity index is 1500. The first-order valence-electron chi connectivity index (χ1n) is 14.6. The highest BCUT2D eigenvalue weighted by atomic mass is 32.2. The van der Waals surface area contributed by atoms with Gasteiger partial charge >= 0.3 is 0 Å². The Labute approximate surface area is 220 Å². The lowest BCUT2D eigenvalue weighted by molar-refractivity contribution is -0.0700. The molecule has 13 heteroatoms. The predicted octanol–water partition coefficient (Wildman–Crippen LogP) is 2.21. The van der Waals surface area contributed by atoms with Gasteiger partial charge in [-0.2, -0.15) is 0 Å². The van der Waals surface area contributed by atoms with Gasteiger partial charge in [-0.15, -0.1) is 5.10 Å². The van der Waals surface area contributed by atoms with Crippen LogP contribution in [-0.4, -0.2) is 78.5 Å². The van der Waals surface area contributed by atoms with Crippen LogP contribution in [0, 0.1) is 11.6 Å². The molecular formula is C23H28F2N6O4S. The van der Waals surface area contributed by atoms with Gasteiger partial charge in [-0.1, -0.05) is 29.9 Å². The number of halogens is 2. The summed E-state index contributed by atoms with van der Waals surface area (Å²) in [4.78, 5) is 8.08. The number of aromatic nitrogens is 5. The van der Waals surface area contributed by atoms with Gasteiger partial charge in [0.15, 0.2) is 33.8 Å². The van der Waals surface area contributed by atoms with Crippen molar-refractivity contribution in [1.29, 1.82) is 0 Å². The zero-order valence-corrected chi connectivity index (χ0v) is 19.5. The molecule has 2 heterocycles. The summed E-state index contributed by atoms with van der Waals surface area (Å²) in [6.07, 6.45) is -6.27. The topological polar surface area (TPSA) is 141 Å². The van der Waals surface area contributed by atoms with Gasteiger partial charge in [0.25, 0.3) is 0 Å². The molecule has 2 saturated carbocycles. The van der Waals surface area contributed by atoms with E-state index < -0.39 is 54.9 Å². The Balaban J connectivity index is 1.22. The molecule has 4 N–H and O–H groups in total. The second-order valence-corrected chi connectivity index (χ2v) is 9.32. The average molecular weight is 530 g/mol. The summed E-state index contributed by atoms with van der Waals surface area (Å²) in [6, 6.07) is 2.84. The summed E-state index contributed by atoms with van der Waals surface area (Å²) in [7, 11) is 0. The number of nitrogens with zero attached hydrogens (tertiary/aromatic N) is 5. The van der Waals surface area contributed by atoms with Crippen molar-refractivity contribution in [2.45, 2.75) is 67.6 Å². The van der Waals surface area contributed by atoms with E-state index in [4.69, 9.17) is 24.8 Å². The van der Waals surface area contributed by atoms with E-state index in [1.54, 1.807) is 0 Å². The molecule has 2 unspecified atom stereocenters. The van der Waals surface area contributed by atoms with Gasteiger partial charge in [0.05, 0.1) is 31.5 Å². The standard InChI is InChI=1S/C23H28F2N6O4S/c1-2-7-36-23-27-21(26)18-22(28-23)31(30-29-18)15-10-17(20(33)19(15)32)35-6-5-34-16-9-12(16)11-3-4-13(24)14(25)8-11/h3-4,8,12,15-17,19-20,32-33H,2,5-7,9-10H2,1H3,(H2,26,27,28)/t12?,15-,16?,17+,19+,20-/m1/s1/i1D3,2D2,7D2. The predicted molar refractivity (Wildman–Crippen MR) is 127 cm³/mol. The van der Waals surface area contributed by atoms with Crippen LogP contribution in [0.15, 0.2) is 23.4 Å². The number of thioether (sulfide) groups is 1. The van der Waals surface area contributed by atoms with Crippen LogP contribution in [0.4, 0.5) is 14.6 Å². The van der Waals surface area contributed by atoms with Crippen LogP contribution in [0.3, 0.4) is 0 Å². The first-order chi connectivity index (χ1) is 20.0. The Morgan fingerprint density at radius 3 is 2.75 bits per heavy atom. The number of benzene rings is 1. The van der Waals surface area contributed by atoms with E-state index in [-0.39, 0.29) is 65.6 Å². The molecular weight excluding hydrogens is 494 g/mol. The lowest BCUT2D eigenvalue weighted by Gasteiger charge is -2.17. The van der Waals surface area contributed by atoms with E-state index >= 15 is 0 Å². The molecule has 36 heavy (non-hydrogen) atoms. The smallest absolute Gasteiger partial charge is 0.191 e. The minimum Gasteiger partial charge on any atom is -0.388 e. The fourth-order valence-electron chi connectivity index (χ4n) is 4.39. The van der Waals surface area contributed by atoms with Gasteiger partial charge in [-0.05, 0) is 30.5 Å². The molecule has 2 aliphatic rings. The SMILES string of the molecule is [2H]C([2H])([2H])C([2H])([2H])C([2H])([2H])Sc1nc(N)c2nnn([C@@H]3C[C@H](OCCOC4CC4c4ccc(F)c(F)c4)[C@@H](O)[C@H]3O)c2n1. The van der Waals surface area contributed by atoms with E-state index in [0.29, 0.717) is 12.0 Å². The van der Waals surface area contributed by atoms with Crippen molar-refractivity contribution in [3.63, 3.8) is 0 Å². The Morgan fingerprint density at radius 2 is 1.97 bits per heavy atom. The molecule has 2 aliphatic carbocycles. The quantitative estimate of drug-likeness (QED) is 0.203. The molecule has 194 valence electrons. The third-order valence-electron chi connectivity index (χ3n) is 6.29. The summed E-state index contributed by atoms with van der Waals surface area (Å²) in [6.45, 7) is -3.07. The highest BCUT2D eigenvalue weighted by Crippen LogP contribution is 2.43. The van der Waals surface area contributed by atoms with Crippen molar-refractivity contribution < 1.29 is 38.1 Å². The number of aliphatic hydroxyl groups excluding tert-OH is 2. The Hall–Kier alpha value is -2.45. The summed E-state index contributed by atoms with van der Waals surface area (Å²) in [5, 5.41) is 28.9. The molecule has 0 radical (unpaired) electrons. The number of anilines is 1. The summed E-state index contributed by atoms with van der Waals surface area (Å²) in [5.74, 6) is -2.13. The van der Waals surface area contributed by atoms with E-state index in [9.17, 15) is 19.0 Å². The Kier molecular flexibility index (Phi) is 5.22. The molecule has 5 rings (SSSR count). The molecule has 0 spiro atoms. The molecule has 2 aromatic heterocycles. The van der Waals surface area contributed by atoms with Gasteiger partial charge in [0.2, 0.25) is 0 Å². The van der Waals surface area contributed by atoms with Crippen LogP contribution in [0.5, 0.6) is 0 Å². The maximum absolute atomic E-state index is 13.5. The van der Waals surface area contributed by atoms with Gasteiger partial charge in [-0.3, -0.25) is 0 Å². The normalized spacial score (nSPS) is 31.7. The number of ether oxygens (including phenoxy) is 2. The van der Waals surface area contributed by atoms with Crippen molar-refractivity contribution in [2.24, 2.45) is 0 Å². The van der Waals surface area contributed by atoms with Crippen LogP contribution >= 0.6 is 11.8 Å². The van der Waals surface area contributed by atoms with Gasteiger partial charge in [0, 0.05) is 27.6 Å². The van der Waals surface area contributed by atoms with Crippen LogP contribution in [0.2, 0.25) is 0 Å². The highest BCUT2D eigenvalue weighted by Gasteiger charge is 2.45. The van der Waals surface area contributed by atoms with Crippen molar-refractivity contribution in [3.8, 4) is 0 Å². The number of fused-ring (bicyclic) bond motifs is 1. The molecule has 1 aromatic carbocycles. The van der Waals surface area contributed by atoms with Crippen molar-refractivity contribution in [1.82, 2.24) is 25.0 Å². The number of aliphatic hydroxyl groups is 2. The average Bonchev–Trinajstić information content (AvgIpc) is 3.48. The zero-order chi connectivity index (χ0) is 31.5. The Morgan fingerprint density at radius 1 is 1.17 bits per heavy atom. The largest absolute Gasteiger partial charge is 0.388 e. The monoisotopic (exact) mass is 529 g/mol. The molecule has 0 bridgehead atoms. The third kappa shape index (κ3) is 5.02. The molecule has 0 saturated heterocycles. The fourth-order valence-corrected chi connectivity index (χ4v) is 4.81. The molecule has 3 aromatic rings. The third-order valence-corrected chi connectivity index (χ3v) is 6.86. The molecule has 6 atom stereocenters. The van der Waals surface area contributed by atoms with Crippen LogP contribution < -0.4 is 5.73 Å². The molecule has 0 amide bonds. The van der Waals surface area contributed by atoms with E-state index in [2.05, 4.69) is 20.3 Å². The summed E-state index contributed by atoms with van der Waals surface area (Å²) in [5.41, 5.74) is 3.56. The lowest BCUT2D eigenvalue weighted by Crippen LogP contribution is -2.33. The van der Waals surface area contributed by atoms with Crippen molar-refractivity contribution in [3.05, 3.63) is 35.4 Å². The van der Waals surface area contributed by atoms with Crippen LogP contribution in [0.25, 0.3) is 11.2 Å². The molecule has 2 fully saturated rings. The number of hydrogen-bond donors (Lipinski definition) is 3. The van der Waals surface area contributed by atoms with Crippen molar-refractivity contribution >= 4 is 28.7 Å².